The predicted octanol–water partition coefficient (Wildman–Crippen LogP) is 2.55. The molecular formula is C18H17F4N5O3S. The molecule has 13 heteroatoms. The minimum absolute atomic E-state index is 0.227. The van der Waals surface area contributed by atoms with Crippen LogP contribution in [0.4, 0.5) is 23.2 Å². The van der Waals surface area contributed by atoms with E-state index in [1.165, 1.54) is 13.8 Å². The zero-order chi connectivity index (χ0) is 23.1. The number of alkyl halides is 2. The average molecular weight is 459 g/mol. The molecule has 0 saturated heterocycles. The molecule has 0 spiro atoms. The number of benzene rings is 1. The van der Waals surface area contributed by atoms with Gasteiger partial charge in [0.2, 0.25) is 0 Å². The maximum Gasteiger partial charge on any atom is 0.281 e. The highest BCUT2D eigenvalue weighted by atomic mass is 32.2. The van der Waals surface area contributed by atoms with Gasteiger partial charge in [-0.1, -0.05) is 0 Å². The van der Waals surface area contributed by atoms with Crippen LogP contribution in [0.15, 0.2) is 29.5 Å². The van der Waals surface area contributed by atoms with Gasteiger partial charge >= 0.3 is 0 Å². The lowest BCUT2D eigenvalue weighted by Crippen LogP contribution is -2.50. The lowest BCUT2D eigenvalue weighted by molar-refractivity contribution is 0.102. The van der Waals surface area contributed by atoms with Crippen molar-refractivity contribution < 1.29 is 30.8 Å². The van der Waals surface area contributed by atoms with Crippen molar-refractivity contribution in [1.82, 2.24) is 9.97 Å². The molecule has 1 aliphatic heterocycles. The molecule has 8 nitrogen and oxygen atoms in total. The minimum Gasteiger partial charge on any atom is -0.386 e. The van der Waals surface area contributed by atoms with Crippen molar-refractivity contribution in [3.05, 3.63) is 53.1 Å². The Hall–Kier alpha value is -3.09. The topological polar surface area (TPSA) is 127 Å². The number of sulfone groups is 1. The highest BCUT2D eigenvalue weighted by Gasteiger charge is 2.44. The van der Waals surface area contributed by atoms with Gasteiger partial charge < -0.3 is 11.1 Å². The Morgan fingerprint density at radius 1 is 1.23 bits per heavy atom. The Bertz CT molecular complexity index is 1170. The van der Waals surface area contributed by atoms with Gasteiger partial charge in [-0.3, -0.25) is 14.8 Å². The van der Waals surface area contributed by atoms with Crippen LogP contribution in [0.5, 0.6) is 0 Å². The van der Waals surface area contributed by atoms with E-state index in [1.54, 1.807) is 0 Å². The summed E-state index contributed by atoms with van der Waals surface area (Å²) in [6.07, 6.45) is -1.36. The Balaban J connectivity index is 1.93. The molecule has 0 saturated carbocycles. The molecular weight excluding hydrogens is 442 g/mol. The second-order valence-corrected chi connectivity index (χ2v) is 9.85. The van der Waals surface area contributed by atoms with Gasteiger partial charge in [0, 0.05) is 17.3 Å². The second-order valence-electron chi connectivity index (χ2n) is 7.26. The molecule has 2 aromatic rings. The summed E-state index contributed by atoms with van der Waals surface area (Å²) in [4.78, 5) is 23.2. The molecule has 3 N–H and O–H groups in total. The monoisotopic (exact) mass is 459 g/mol. The van der Waals surface area contributed by atoms with E-state index in [4.69, 9.17) is 5.73 Å². The number of carbonyl (C=O) groups excluding carboxylic acids is 1. The first-order chi connectivity index (χ1) is 14.3. The third-order valence-corrected chi connectivity index (χ3v) is 7.39. The van der Waals surface area contributed by atoms with Gasteiger partial charge in [-0.2, -0.15) is 0 Å². The van der Waals surface area contributed by atoms with Crippen molar-refractivity contribution in [2.75, 3.05) is 11.1 Å². The van der Waals surface area contributed by atoms with Crippen molar-refractivity contribution in [3.8, 4) is 0 Å². The normalized spacial score (nSPS) is 19.7. The summed E-state index contributed by atoms with van der Waals surface area (Å²) < 4.78 is 77.2. The van der Waals surface area contributed by atoms with E-state index < -0.39 is 61.6 Å². The Morgan fingerprint density at radius 3 is 2.45 bits per heavy atom. The molecule has 0 aliphatic carbocycles. The van der Waals surface area contributed by atoms with E-state index in [1.807, 2.05) is 0 Å². The number of aromatic nitrogens is 2. The van der Waals surface area contributed by atoms with Gasteiger partial charge in [-0.05, 0) is 19.9 Å². The number of amidine groups is 1. The van der Waals surface area contributed by atoms with Crippen LogP contribution >= 0.6 is 0 Å². The molecule has 1 aliphatic rings. The highest BCUT2D eigenvalue weighted by Crippen LogP contribution is 2.34. The molecule has 1 amide bonds. The van der Waals surface area contributed by atoms with E-state index >= 15 is 0 Å². The molecule has 2 heterocycles. The number of halogens is 4. The lowest BCUT2D eigenvalue weighted by atomic mass is 10.1. The van der Waals surface area contributed by atoms with Crippen LogP contribution in [-0.2, 0) is 9.84 Å². The number of hydrogen-bond acceptors (Lipinski definition) is 7. The molecule has 1 aromatic carbocycles. The van der Waals surface area contributed by atoms with Gasteiger partial charge in [0.05, 0.1) is 24.2 Å². The van der Waals surface area contributed by atoms with E-state index in [0.29, 0.717) is 12.3 Å². The summed E-state index contributed by atoms with van der Waals surface area (Å²) in [7, 11) is -3.84. The molecule has 1 aromatic heterocycles. The highest BCUT2D eigenvalue weighted by molar-refractivity contribution is 7.93. The van der Waals surface area contributed by atoms with E-state index in [2.05, 4.69) is 20.3 Å². The lowest BCUT2D eigenvalue weighted by Gasteiger charge is -2.32. The zero-order valence-electron chi connectivity index (χ0n) is 16.2. The zero-order valence-corrected chi connectivity index (χ0v) is 17.1. The van der Waals surface area contributed by atoms with Gasteiger partial charge in [0.1, 0.15) is 22.0 Å². The van der Waals surface area contributed by atoms with Crippen LogP contribution in [0.2, 0.25) is 0 Å². The van der Waals surface area contributed by atoms with Crippen molar-refractivity contribution in [2.24, 2.45) is 10.7 Å². The molecule has 3 rings (SSSR count). The third-order valence-electron chi connectivity index (χ3n) is 4.87. The number of anilines is 1. The van der Waals surface area contributed by atoms with Crippen LogP contribution in [0, 0.1) is 11.6 Å². The third kappa shape index (κ3) is 4.22. The number of nitrogens with one attached hydrogen (secondary N) is 1. The summed E-state index contributed by atoms with van der Waals surface area (Å²) in [5.41, 5.74) is 4.12. The number of rotatable bonds is 4. The first kappa shape index (κ1) is 22.6. The maximum absolute atomic E-state index is 14.4. The minimum atomic E-state index is -3.84. The van der Waals surface area contributed by atoms with E-state index in [9.17, 15) is 30.8 Å². The second kappa shape index (κ2) is 7.87. The van der Waals surface area contributed by atoms with Crippen molar-refractivity contribution >= 4 is 27.3 Å². The van der Waals surface area contributed by atoms with Gasteiger partial charge in [-0.15, -0.1) is 0 Å². The summed E-state index contributed by atoms with van der Waals surface area (Å²) >= 11 is 0. The first-order valence-corrected chi connectivity index (χ1v) is 10.4. The van der Waals surface area contributed by atoms with Crippen LogP contribution in [-0.4, -0.2) is 40.6 Å². The summed E-state index contributed by atoms with van der Waals surface area (Å²) in [5.74, 6) is -4.49. The van der Waals surface area contributed by atoms with Gasteiger partial charge in [-0.25, -0.2) is 31.0 Å². The van der Waals surface area contributed by atoms with Crippen LogP contribution in [0.1, 0.15) is 48.1 Å². The maximum atomic E-state index is 14.4. The number of nitrogens with zero attached hydrogens (tertiary/aromatic N) is 3. The number of nitrogens with two attached hydrogens (primary N) is 1. The fourth-order valence-electron chi connectivity index (χ4n) is 2.78. The van der Waals surface area contributed by atoms with Crippen molar-refractivity contribution in [2.45, 2.75) is 31.1 Å². The molecule has 0 bridgehead atoms. The van der Waals surface area contributed by atoms with Crippen molar-refractivity contribution in [3.63, 3.8) is 0 Å². The number of hydrogen-bond donors (Lipinski definition) is 2. The molecule has 0 fully saturated rings. The quantitative estimate of drug-likeness (QED) is 0.677. The summed E-state index contributed by atoms with van der Waals surface area (Å²) in [6.45, 7) is 2.70. The standard InChI is InChI=1S/C18H17F4N5O3S/c1-18(2)17(23)27-13(7-31(18,29)30)9-3-8(4-10(19)14(9)20)26-16(28)12-6-24-11(5-25-12)15(21)22/h3-6,13,15H,7H2,1-2H3,(H2,23,27)(H,26,28). The number of carbonyl (C=O) groups is 1. The predicted molar refractivity (Wildman–Crippen MR) is 104 cm³/mol. The molecule has 31 heavy (non-hydrogen) atoms. The van der Waals surface area contributed by atoms with Crippen LogP contribution < -0.4 is 11.1 Å². The molecule has 1 unspecified atom stereocenters. The van der Waals surface area contributed by atoms with Gasteiger partial charge in [0.25, 0.3) is 12.3 Å². The molecule has 0 radical (unpaired) electrons. The smallest absolute Gasteiger partial charge is 0.281 e. The van der Waals surface area contributed by atoms with Crippen molar-refractivity contribution in [1.29, 1.82) is 0 Å². The average Bonchev–Trinajstić information content (AvgIpc) is 2.68. The number of amides is 1. The molecule has 1 atom stereocenters. The van der Waals surface area contributed by atoms with E-state index in [0.717, 1.165) is 12.3 Å². The van der Waals surface area contributed by atoms with E-state index in [-0.39, 0.29) is 17.2 Å². The largest absolute Gasteiger partial charge is 0.386 e. The fraction of sp³-hybridized carbons (Fsp3) is 0.333. The Kier molecular flexibility index (Phi) is 5.74. The van der Waals surface area contributed by atoms with Crippen LogP contribution in [0.3, 0.4) is 0 Å². The molecule has 166 valence electrons. The fourth-order valence-corrected chi connectivity index (χ4v) is 4.24. The SMILES string of the molecule is CC1(C)C(N)=NC(c2cc(NC(=O)c3cnc(C(F)F)cn3)cc(F)c2F)CS1(=O)=O. The first-order valence-electron chi connectivity index (χ1n) is 8.80. The summed E-state index contributed by atoms with van der Waals surface area (Å²) in [5, 5.41) is 2.24. The Labute approximate surface area is 174 Å². The Morgan fingerprint density at radius 2 is 1.90 bits per heavy atom. The summed E-state index contributed by atoms with van der Waals surface area (Å²) in [6, 6.07) is 0.368. The van der Waals surface area contributed by atoms with Crippen LogP contribution in [0.25, 0.3) is 0 Å². The number of aliphatic imine (C=N–C) groups is 1. The van der Waals surface area contributed by atoms with Gasteiger partial charge in [0.15, 0.2) is 21.5 Å².